The van der Waals surface area contributed by atoms with Crippen molar-refractivity contribution in [3.63, 3.8) is 0 Å². The first-order valence-electron chi connectivity index (χ1n) is 9.61. The van der Waals surface area contributed by atoms with Gasteiger partial charge in [-0.25, -0.2) is 4.39 Å². The number of ketones is 1. The van der Waals surface area contributed by atoms with Crippen molar-refractivity contribution >= 4 is 11.7 Å². The zero-order valence-corrected chi connectivity index (χ0v) is 16.3. The maximum absolute atomic E-state index is 13.3. The number of hydrogen-bond acceptors (Lipinski definition) is 2. The van der Waals surface area contributed by atoms with Gasteiger partial charge in [-0.3, -0.25) is 9.59 Å². The summed E-state index contributed by atoms with van der Waals surface area (Å²) >= 11 is 0. The number of carbonyl (C=O) groups is 2. The fourth-order valence-electron chi connectivity index (χ4n) is 3.93. The molecule has 0 N–H and O–H groups in total. The van der Waals surface area contributed by atoms with E-state index in [4.69, 9.17) is 0 Å². The minimum atomic E-state index is -0.297. The summed E-state index contributed by atoms with van der Waals surface area (Å²) in [6, 6.07) is 8.08. The van der Waals surface area contributed by atoms with Gasteiger partial charge in [-0.1, -0.05) is 6.92 Å². The molecule has 5 heteroatoms. The van der Waals surface area contributed by atoms with Gasteiger partial charge in [0.15, 0.2) is 5.78 Å². The van der Waals surface area contributed by atoms with E-state index in [0.29, 0.717) is 24.4 Å². The predicted octanol–water partition coefficient (Wildman–Crippen LogP) is 4.45. The third-order valence-corrected chi connectivity index (χ3v) is 5.44. The molecule has 1 amide bonds. The second kappa shape index (κ2) is 8.07. The van der Waals surface area contributed by atoms with E-state index in [1.54, 1.807) is 19.1 Å². The van der Waals surface area contributed by atoms with Gasteiger partial charge in [0, 0.05) is 43.0 Å². The Labute approximate surface area is 160 Å². The van der Waals surface area contributed by atoms with E-state index >= 15 is 0 Å². The highest BCUT2D eigenvalue weighted by Gasteiger charge is 2.22. The average Bonchev–Trinajstić information content (AvgIpc) is 2.97. The molecule has 1 aromatic heterocycles. The smallest absolute Gasteiger partial charge is 0.224 e. The van der Waals surface area contributed by atoms with Gasteiger partial charge in [-0.2, -0.15) is 0 Å². The van der Waals surface area contributed by atoms with Crippen LogP contribution in [0, 0.1) is 18.7 Å². The van der Waals surface area contributed by atoms with Crippen molar-refractivity contribution in [1.29, 1.82) is 0 Å². The molecule has 2 heterocycles. The second-order valence-electron chi connectivity index (χ2n) is 7.58. The molecular formula is C22H27FN2O2. The van der Waals surface area contributed by atoms with Crippen LogP contribution in [0.1, 0.15) is 49.2 Å². The molecule has 0 bridgehead atoms. The Balaban J connectivity index is 1.84. The molecule has 0 unspecified atom stereocenters. The van der Waals surface area contributed by atoms with Crippen molar-refractivity contribution in [1.82, 2.24) is 9.47 Å². The Morgan fingerprint density at radius 2 is 1.93 bits per heavy atom. The minimum Gasteiger partial charge on any atom is -0.344 e. The number of aromatic nitrogens is 1. The highest BCUT2D eigenvalue weighted by molar-refractivity contribution is 5.96. The number of piperidine rings is 1. The maximum Gasteiger partial charge on any atom is 0.224 e. The number of hydrogen-bond donors (Lipinski definition) is 0. The Hall–Kier alpha value is -2.43. The predicted molar refractivity (Wildman–Crippen MR) is 104 cm³/mol. The van der Waals surface area contributed by atoms with Crippen molar-refractivity contribution in [3.8, 4) is 11.3 Å². The lowest BCUT2D eigenvalue weighted by molar-refractivity contribution is -0.133. The summed E-state index contributed by atoms with van der Waals surface area (Å²) in [6.45, 7) is 7.79. The van der Waals surface area contributed by atoms with Gasteiger partial charge in [0.05, 0.1) is 0 Å². The second-order valence-corrected chi connectivity index (χ2v) is 7.58. The molecule has 1 aromatic carbocycles. The third-order valence-electron chi connectivity index (χ3n) is 5.44. The van der Waals surface area contributed by atoms with Gasteiger partial charge in [0.1, 0.15) is 5.82 Å². The summed E-state index contributed by atoms with van der Waals surface area (Å²) in [6.07, 6.45) is 2.63. The van der Waals surface area contributed by atoms with Crippen LogP contribution in [0.5, 0.6) is 0 Å². The van der Waals surface area contributed by atoms with Crippen molar-refractivity contribution in [2.24, 2.45) is 5.92 Å². The van der Waals surface area contributed by atoms with Gasteiger partial charge in [0.25, 0.3) is 0 Å². The number of amides is 1. The number of rotatable bonds is 5. The van der Waals surface area contributed by atoms with E-state index in [-0.39, 0.29) is 17.5 Å². The Kier molecular flexibility index (Phi) is 5.78. The lowest BCUT2D eigenvalue weighted by Crippen LogP contribution is -2.39. The minimum absolute atomic E-state index is 0.00852. The summed E-state index contributed by atoms with van der Waals surface area (Å²) in [5.41, 5.74) is 3.18. The van der Waals surface area contributed by atoms with E-state index in [9.17, 15) is 14.0 Å². The van der Waals surface area contributed by atoms with Crippen molar-refractivity contribution in [2.75, 3.05) is 13.1 Å². The monoisotopic (exact) mass is 370 g/mol. The summed E-state index contributed by atoms with van der Waals surface area (Å²) in [5.74, 6) is 0.403. The van der Waals surface area contributed by atoms with Crippen LogP contribution < -0.4 is 0 Å². The van der Waals surface area contributed by atoms with Crippen LogP contribution in [0.25, 0.3) is 11.3 Å². The van der Waals surface area contributed by atoms with Gasteiger partial charge < -0.3 is 9.47 Å². The standard InChI is InChI=1S/C22H27FN2O2/c1-15-5-4-11-24(14-15)22(27)10-12-25-16(2)20(17(3)26)13-21(25)18-6-8-19(23)9-7-18/h6-9,13,15H,4-5,10-12,14H2,1-3H3/t15-/m0/s1. The van der Waals surface area contributed by atoms with E-state index in [2.05, 4.69) is 6.92 Å². The summed E-state index contributed by atoms with van der Waals surface area (Å²) < 4.78 is 15.3. The van der Waals surface area contributed by atoms with Crippen LogP contribution >= 0.6 is 0 Å². The number of benzene rings is 1. The number of carbonyl (C=O) groups excluding carboxylic acids is 2. The number of nitrogens with zero attached hydrogens (tertiary/aromatic N) is 2. The summed E-state index contributed by atoms with van der Waals surface area (Å²) in [4.78, 5) is 26.6. The molecule has 4 nitrogen and oxygen atoms in total. The molecule has 3 rings (SSSR count). The first kappa shape index (κ1) is 19.3. The number of Topliss-reactive ketones (excluding diaryl/α,β-unsaturated/α-hetero) is 1. The van der Waals surface area contributed by atoms with Gasteiger partial charge in [-0.05, 0) is 68.5 Å². The third kappa shape index (κ3) is 4.29. The average molecular weight is 370 g/mol. The van der Waals surface area contributed by atoms with Crippen LogP contribution in [0.4, 0.5) is 4.39 Å². The maximum atomic E-state index is 13.3. The van der Waals surface area contributed by atoms with Gasteiger partial charge in [0.2, 0.25) is 5.91 Å². The zero-order chi connectivity index (χ0) is 19.6. The molecule has 1 saturated heterocycles. The van der Waals surface area contributed by atoms with Crippen molar-refractivity contribution < 1.29 is 14.0 Å². The highest BCUT2D eigenvalue weighted by atomic mass is 19.1. The molecule has 1 aliphatic rings. The van der Waals surface area contributed by atoms with Crippen LogP contribution in [-0.2, 0) is 11.3 Å². The summed E-state index contributed by atoms with van der Waals surface area (Å²) in [7, 11) is 0. The van der Waals surface area contributed by atoms with Gasteiger partial charge >= 0.3 is 0 Å². The lowest BCUT2D eigenvalue weighted by atomic mass is 10.00. The van der Waals surface area contributed by atoms with E-state index in [0.717, 1.165) is 36.5 Å². The fourth-order valence-corrected chi connectivity index (χ4v) is 3.93. The molecule has 0 saturated carbocycles. The van der Waals surface area contributed by atoms with Crippen molar-refractivity contribution in [3.05, 3.63) is 47.4 Å². The fraction of sp³-hybridized carbons (Fsp3) is 0.455. The largest absolute Gasteiger partial charge is 0.344 e. The molecule has 1 atom stereocenters. The molecule has 0 aliphatic carbocycles. The van der Waals surface area contributed by atoms with Crippen molar-refractivity contribution in [2.45, 2.75) is 46.6 Å². The van der Waals surface area contributed by atoms with Crippen LogP contribution in [0.2, 0.25) is 0 Å². The Morgan fingerprint density at radius 1 is 1.22 bits per heavy atom. The molecule has 27 heavy (non-hydrogen) atoms. The molecule has 2 aromatic rings. The van der Waals surface area contributed by atoms with Crippen LogP contribution in [0.15, 0.2) is 30.3 Å². The molecule has 1 aliphatic heterocycles. The SMILES string of the molecule is CC(=O)c1cc(-c2ccc(F)cc2)n(CCC(=O)N2CCC[C@H](C)C2)c1C. The molecule has 1 fully saturated rings. The van der Waals surface area contributed by atoms with Crippen LogP contribution in [0.3, 0.4) is 0 Å². The normalized spacial score (nSPS) is 17.2. The van der Waals surface area contributed by atoms with Gasteiger partial charge in [-0.15, -0.1) is 0 Å². The van der Waals surface area contributed by atoms with E-state index in [1.807, 2.05) is 22.5 Å². The zero-order valence-electron chi connectivity index (χ0n) is 16.3. The molecule has 144 valence electrons. The van der Waals surface area contributed by atoms with Crippen LogP contribution in [-0.4, -0.2) is 34.2 Å². The molecule has 0 radical (unpaired) electrons. The Morgan fingerprint density at radius 3 is 2.56 bits per heavy atom. The topological polar surface area (TPSA) is 42.3 Å². The molecular weight excluding hydrogens is 343 g/mol. The first-order chi connectivity index (χ1) is 12.9. The molecule has 0 spiro atoms. The number of likely N-dealkylation sites (tertiary alicyclic amines) is 1. The summed E-state index contributed by atoms with van der Waals surface area (Å²) in [5, 5.41) is 0. The number of halogens is 1. The van der Waals surface area contributed by atoms with E-state index < -0.39 is 0 Å². The Bertz CT molecular complexity index is 839. The first-order valence-corrected chi connectivity index (χ1v) is 9.61. The lowest BCUT2D eigenvalue weighted by Gasteiger charge is -2.31. The highest BCUT2D eigenvalue weighted by Crippen LogP contribution is 2.27. The quantitative estimate of drug-likeness (QED) is 0.730. The van der Waals surface area contributed by atoms with E-state index in [1.165, 1.54) is 18.6 Å².